The number of piperidine rings is 1. The minimum Gasteiger partial charge on any atom is -0.299 e. The van der Waals surface area contributed by atoms with E-state index in [0.717, 1.165) is 12.6 Å². The third kappa shape index (κ3) is 3.18. The highest BCUT2D eigenvalue weighted by Gasteiger charge is 2.26. The molecule has 0 radical (unpaired) electrons. The minimum absolute atomic E-state index is 0.820. The summed E-state index contributed by atoms with van der Waals surface area (Å²) < 4.78 is 0. The molecule has 0 bridgehead atoms. The maximum Gasteiger partial charge on any atom is 0.0237 e. The molecule has 2 aliphatic rings. The van der Waals surface area contributed by atoms with Gasteiger partial charge < -0.3 is 0 Å². The van der Waals surface area contributed by atoms with Gasteiger partial charge in [0.1, 0.15) is 0 Å². The highest BCUT2D eigenvalue weighted by molar-refractivity contribution is 5.25. The number of hydrogen-bond donors (Lipinski definition) is 0. The van der Waals surface area contributed by atoms with Crippen molar-refractivity contribution in [3.05, 3.63) is 35.4 Å². The summed E-state index contributed by atoms with van der Waals surface area (Å²) in [4.78, 5) is 5.42. The Morgan fingerprint density at radius 3 is 2.79 bits per heavy atom. The van der Waals surface area contributed by atoms with Crippen molar-refractivity contribution in [3.8, 4) is 0 Å². The molecule has 1 aromatic rings. The van der Waals surface area contributed by atoms with Crippen LogP contribution >= 0.6 is 0 Å². The van der Waals surface area contributed by atoms with Gasteiger partial charge in [-0.25, -0.2) is 0 Å². The van der Waals surface area contributed by atoms with E-state index in [9.17, 15) is 0 Å². The minimum atomic E-state index is 0.820. The molecule has 0 spiro atoms. The summed E-state index contributed by atoms with van der Waals surface area (Å²) in [5.41, 5.74) is 2.94. The number of fused-ring (bicyclic) bond motifs is 1. The summed E-state index contributed by atoms with van der Waals surface area (Å²) in [6.45, 7) is 8.56. The van der Waals surface area contributed by atoms with Gasteiger partial charge in [-0.15, -0.1) is 0 Å². The second-order valence-corrected chi connectivity index (χ2v) is 6.20. The molecule has 1 unspecified atom stereocenters. The van der Waals surface area contributed by atoms with Crippen LogP contribution in [0.3, 0.4) is 0 Å². The SMILES string of the molecule is Cc1ccccc1CN1CCCN2CCCCC2C1. The van der Waals surface area contributed by atoms with Crippen molar-refractivity contribution >= 4 is 0 Å². The summed E-state index contributed by atoms with van der Waals surface area (Å²) >= 11 is 0. The molecule has 2 nitrogen and oxygen atoms in total. The molecule has 2 aliphatic heterocycles. The Kier molecular flexibility index (Phi) is 4.19. The largest absolute Gasteiger partial charge is 0.299 e. The lowest BCUT2D eigenvalue weighted by Crippen LogP contribution is -2.43. The van der Waals surface area contributed by atoms with Gasteiger partial charge >= 0.3 is 0 Å². The second kappa shape index (κ2) is 6.06. The fourth-order valence-corrected chi connectivity index (χ4v) is 3.62. The summed E-state index contributed by atoms with van der Waals surface area (Å²) in [5.74, 6) is 0. The maximum absolute atomic E-state index is 2.74. The molecule has 3 rings (SSSR count). The van der Waals surface area contributed by atoms with Gasteiger partial charge in [-0.3, -0.25) is 9.80 Å². The lowest BCUT2D eigenvalue weighted by molar-refractivity contribution is 0.135. The van der Waals surface area contributed by atoms with E-state index in [0.29, 0.717) is 0 Å². The van der Waals surface area contributed by atoms with Crippen LogP contribution in [0, 0.1) is 6.92 Å². The molecule has 2 saturated heterocycles. The molecule has 0 aliphatic carbocycles. The van der Waals surface area contributed by atoms with Crippen LogP contribution in [0.4, 0.5) is 0 Å². The van der Waals surface area contributed by atoms with E-state index in [1.165, 1.54) is 63.0 Å². The number of nitrogens with zero attached hydrogens (tertiary/aromatic N) is 2. The van der Waals surface area contributed by atoms with E-state index >= 15 is 0 Å². The predicted molar refractivity (Wildman–Crippen MR) is 80.3 cm³/mol. The lowest BCUT2D eigenvalue weighted by Gasteiger charge is -2.35. The van der Waals surface area contributed by atoms with Crippen molar-refractivity contribution in [3.63, 3.8) is 0 Å². The Bertz CT molecular complexity index is 415. The summed E-state index contributed by atoms with van der Waals surface area (Å²) in [6, 6.07) is 9.66. The first-order valence-corrected chi connectivity index (χ1v) is 7.84. The zero-order valence-corrected chi connectivity index (χ0v) is 12.1. The van der Waals surface area contributed by atoms with Gasteiger partial charge in [-0.2, -0.15) is 0 Å². The van der Waals surface area contributed by atoms with Gasteiger partial charge in [0.15, 0.2) is 0 Å². The Labute approximate surface area is 117 Å². The van der Waals surface area contributed by atoms with E-state index in [1.807, 2.05) is 0 Å². The average molecular weight is 258 g/mol. The van der Waals surface area contributed by atoms with E-state index in [-0.39, 0.29) is 0 Å². The van der Waals surface area contributed by atoms with Crippen LogP contribution in [-0.2, 0) is 6.54 Å². The van der Waals surface area contributed by atoms with Gasteiger partial charge in [0.25, 0.3) is 0 Å². The molecular formula is C17H26N2. The molecule has 1 aromatic carbocycles. The molecule has 104 valence electrons. The standard InChI is InChI=1S/C17H26N2/c1-15-7-2-3-8-16(15)13-18-10-6-12-19-11-5-4-9-17(19)14-18/h2-3,7-8,17H,4-6,9-14H2,1H3. The van der Waals surface area contributed by atoms with Crippen LogP contribution in [0.25, 0.3) is 0 Å². The molecular weight excluding hydrogens is 232 g/mol. The monoisotopic (exact) mass is 258 g/mol. The Morgan fingerprint density at radius 1 is 1.05 bits per heavy atom. The molecule has 0 amide bonds. The van der Waals surface area contributed by atoms with Gasteiger partial charge in [-0.05, 0) is 56.9 Å². The van der Waals surface area contributed by atoms with Crippen molar-refractivity contribution in [2.24, 2.45) is 0 Å². The Balaban J connectivity index is 1.66. The van der Waals surface area contributed by atoms with Crippen molar-refractivity contribution < 1.29 is 0 Å². The summed E-state index contributed by atoms with van der Waals surface area (Å²) in [7, 11) is 0. The smallest absolute Gasteiger partial charge is 0.0237 e. The van der Waals surface area contributed by atoms with Crippen molar-refractivity contribution in [1.29, 1.82) is 0 Å². The normalized spacial score (nSPS) is 25.8. The van der Waals surface area contributed by atoms with E-state index in [2.05, 4.69) is 41.0 Å². The number of rotatable bonds is 2. The Hall–Kier alpha value is -0.860. The molecule has 0 aromatic heterocycles. The fourth-order valence-electron chi connectivity index (χ4n) is 3.62. The molecule has 2 heteroatoms. The number of hydrogen-bond acceptors (Lipinski definition) is 2. The van der Waals surface area contributed by atoms with Crippen LogP contribution in [0.15, 0.2) is 24.3 Å². The van der Waals surface area contributed by atoms with Gasteiger partial charge in [-0.1, -0.05) is 30.7 Å². The molecule has 0 N–H and O–H groups in total. The number of benzene rings is 1. The third-order valence-corrected chi connectivity index (χ3v) is 4.79. The second-order valence-electron chi connectivity index (χ2n) is 6.20. The van der Waals surface area contributed by atoms with Gasteiger partial charge in [0.05, 0.1) is 0 Å². The number of aryl methyl sites for hydroxylation is 1. The summed E-state index contributed by atoms with van der Waals surface area (Å²) in [5, 5.41) is 0. The van der Waals surface area contributed by atoms with Crippen LogP contribution < -0.4 is 0 Å². The van der Waals surface area contributed by atoms with E-state index in [4.69, 9.17) is 0 Å². The van der Waals surface area contributed by atoms with Crippen LogP contribution in [-0.4, -0.2) is 42.0 Å². The van der Waals surface area contributed by atoms with Crippen LogP contribution in [0.1, 0.15) is 36.8 Å². The van der Waals surface area contributed by atoms with Gasteiger partial charge in [0.2, 0.25) is 0 Å². The first kappa shape index (κ1) is 13.1. The Morgan fingerprint density at radius 2 is 1.89 bits per heavy atom. The average Bonchev–Trinajstić information content (AvgIpc) is 2.63. The first-order valence-electron chi connectivity index (χ1n) is 7.84. The van der Waals surface area contributed by atoms with Crippen LogP contribution in [0.5, 0.6) is 0 Å². The van der Waals surface area contributed by atoms with Crippen molar-refractivity contribution in [2.45, 2.75) is 45.2 Å². The highest BCUT2D eigenvalue weighted by atomic mass is 15.2. The molecule has 2 fully saturated rings. The van der Waals surface area contributed by atoms with E-state index in [1.54, 1.807) is 0 Å². The van der Waals surface area contributed by atoms with Gasteiger partial charge in [0, 0.05) is 19.1 Å². The fraction of sp³-hybridized carbons (Fsp3) is 0.647. The maximum atomic E-state index is 2.74. The van der Waals surface area contributed by atoms with Crippen molar-refractivity contribution in [1.82, 2.24) is 9.80 Å². The highest BCUT2D eigenvalue weighted by Crippen LogP contribution is 2.22. The summed E-state index contributed by atoms with van der Waals surface area (Å²) in [6.07, 6.45) is 5.58. The zero-order valence-electron chi connectivity index (χ0n) is 12.1. The molecule has 19 heavy (non-hydrogen) atoms. The van der Waals surface area contributed by atoms with E-state index < -0.39 is 0 Å². The predicted octanol–water partition coefficient (Wildman–Crippen LogP) is 3.06. The van der Waals surface area contributed by atoms with Crippen LogP contribution in [0.2, 0.25) is 0 Å². The molecule has 0 saturated carbocycles. The third-order valence-electron chi connectivity index (χ3n) is 4.79. The zero-order chi connectivity index (χ0) is 13.1. The molecule has 2 heterocycles. The quantitative estimate of drug-likeness (QED) is 0.804. The van der Waals surface area contributed by atoms with Crippen molar-refractivity contribution in [2.75, 3.05) is 26.2 Å². The first-order chi connectivity index (χ1) is 9.33. The topological polar surface area (TPSA) is 6.48 Å². The molecule has 1 atom stereocenters. The lowest BCUT2D eigenvalue weighted by atomic mass is 10.0.